The van der Waals surface area contributed by atoms with Crippen molar-refractivity contribution in [3.05, 3.63) is 53.5 Å². The molecule has 0 bridgehead atoms. The highest BCUT2D eigenvalue weighted by Gasteiger charge is 2.22. The molecule has 3 rings (SSSR count). The average Bonchev–Trinajstić information content (AvgIpc) is 2.73. The lowest BCUT2D eigenvalue weighted by Gasteiger charge is -2.37. The van der Waals surface area contributed by atoms with Crippen LogP contribution in [0.1, 0.15) is 24.5 Å². The number of ether oxygens (including phenoxy) is 1. The summed E-state index contributed by atoms with van der Waals surface area (Å²) in [5, 5.41) is 16.4. The smallest absolute Gasteiger partial charge is 0.311 e. The number of nitrogens with one attached hydrogen (secondary N) is 1. The largest absolute Gasteiger partial charge is 0.460 e. The number of aromatic nitrogens is 1. The van der Waals surface area contributed by atoms with Crippen molar-refractivity contribution in [2.45, 2.75) is 20.0 Å². The number of carbonyl (C=O) groups is 1. The van der Waals surface area contributed by atoms with Gasteiger partial charge in [-0.15, -0.1) is 0 Å². The maximum atomic E-state index is 14.9. The zero-order valence-electron chi connectivity index (χ0n) is 16.2. The molecule has 2 aromatic rings. The fourth-order valence-corrected chi connectivity index (χ4v) is 3.18. The Morgan fingerprint density at radius 2 is 2.00 bits per heavy atom. The molecule has 1 aromatic heterocycles. The van der Waals surface area contributed by atoms with Gasteiger partial charge in [0.05, 0.1) is 18.1 Å². The fraction of sp³-hybridized carbons (Fsp3) is 0.333. The summed E-state index contributed by atoms with van der Waals surface area (Å²) in [4.78, 5) is 19.8. The molecule has 0 spiro atoms. The van der Waals surface area contributed by atoms with Crippen LogP contribution in [0.2, 0.25) is 0 Å². The molecule has 1 aliphatic rings. The Hall–Kier alpha value is -3.47. The number of carbonyl (C=O) groups excluding carboxylic acids is 1. The molecule has 0 aliphatic carbocycles. The predicted molar refractivity (Wildman–Crippen MR) is 108 cm³/mol. The van der Waals surface area contributed by atoms with E-state index in [4.69, 9.17) is 15.4 Å². The number of esters is 1. The van der Waals surface area contributed by atoms with Crippen molar-refractivity contribution < 1.29 is 13.9 Å². The van der Waals surface area contributed by atoms with Gasteiger partial charge in [0.2, 0.25) is 0 Å². The third kappa shape index (κ3) is 5.08. The Labute approximate surface area is 168 Å². The number of anilines is 2. The van der Waals surface area contributed by atoms with Crippen LogP contribution in [0.25, 0.3) is 0 Å². The van der Waals surface area contributed by atoms with Gasteiger partial charge >= 0.3 is 5.97 Å². The molecule has 150 valence electrons. The number of pyridine rings is 1. The maximum absolute atomic E-state index is 14.9. The Bertz CT molecular complexity index is 948. The van der Waals surface area contributed by atoms with E-state index in [0.717, 1.165) is 5.69 Å². The molecule has 29 heavy (non-hydrogen) atoms. The summed E-state index contributed by atoms with van der Waals surface area (Å²) in [5.41, 5.74) is 2.04. The molecule has 0 amide bonds. The highest BCUT2D eigenvalue weighted by atomic mass is 19.1. The van der Waals surface area contributed by atoms with E-state index in [1.807, 2.05) is 23.1 Å². The molecule has 1 aromatic carbocycles. The summed E-state index contributed by atoms with van der Waals surface area (Å²) >= 11 is 0. The summed E-state index contributed by atoms with van der Waals surface area (Å²) in [6.45, 7) is 3.84. The van der Waals surface area contributed by atoms with Gasteiger partial charge in [-0.1, -0.05) is 6.07 Å². The third-order valence-electron chi connectivity index (χ3n) is 4.67. The van der Waals surface area contributed by atoms with Crippen LogP contribution in [0.15, 0.2) is 36.5 Å². The Morgan fingerprint density at radius 3 is 2.69 bits per heavy atom. The molecule has 1 fully saturated rings. The van der Waals surface area contributed by atoms with E-state index in [9.17, 15) is 9.18 Å². The zero-order valence-corrected chi connectivity index (χ0v) is 16.2. The second-order valence-corrected chi connectivity index (χ2v) is 6.86. The van der Waals surface area contributed by atoms with Crippen molar-refractivity contribution in [3.8, 4) is 6.07 Å². The van der Waals surface area contributed by atoms with Gasteiger partial charge in [0.25, 0.3) is 0 Å². The summed E-state index contributed by atoms with van der Waals surface area (Å²) in [6, 6.07) is 11.1. The van der Waals surface area contributed by atoms with Gasteiger partial charge in [0.1, 0.15) is 6.61 Å². The monoisotopic (exact) mass is 395 g/mol. The standard InChI is InChI=1S/C21H22FN5O2/c1-15(24)11-19(28)29-14-17-5-6-25-21(20(17)22)27-9-7-26(8-10-27)18-4-2-3-16(12-18)13-23/h2-6,12,24H,7-11,14H2,1H3. The number of halogens is 1. The number of rotatable bonds is 6. The van der Waals surface area contributed by atoms with E-state index in [1.54, 1.807) is 6.07 Å². The van der Waals surface area contributed by atoms with Gasteiger partial charge in [0, 0.05) is 49.3 Å². The van der Waals surface area contributed by atoms with Crippen LogP contribution in [-0.2, 0) is 16.1 Å². The molecular weight excluding hydrogens is 373 g/mol. The Balaban J connectivity index is 1.64. The van der Waals surface area contributed by atoms with E-state index in [1.165, 1.54) is 19.2 Å². The van der Waals surface area contributed by atoms with E-state index in [2.05, 4.69) is 16.0 Å². The first-order valence-corrected chi connectivity index (χ1v) is 9.31. The van der Waals surface area contributed by atoms with Gasteiger partial charge < -0.3 is 19.9 Å². The minimum absolute atomic E-state index is 0.103. The first kappa shape index (κ1) is 20.3. The molecule has 0 radical (unpaired) electrons. The molecule has 8 heteroatoms. The molecule has 1 saturated heterocycles. The lowest BCUT2D eigenvalue weighted by molar-refractivity contribution is -0.143. The fourth-order valence-electron chi connectivity index (χ4n) is 3.18. The summed E-state index contributed by atoms with van der Waals surface area (Å²) < 4.78 is 20.0. The van der Waals surface area contributed by atoms with Crippen LogP contribution in [0.5, 0.6) is 0 Å². The van der Waals surface area contributed by atoms with Crippen molar-refractivity contribution in [3.63, 3.8) is 0 Å². The second kappa shape index (κ2) is 9.15. The number of nitriles is 1. The van der Waals surface area contributed by atoms with Crippen molar-refractivity contribution in [1.29, 1.82) is 10.7 Å². The lowest BCUT2D eigenvalue weighted by Crippen LogP contribution is -2.47. The molecule has 0 atom stereocenters. The van der Waals surface area contributed by atoms with E-state index >= 15 is 0 Å². The van der Waals surface area contributed by atoms with Crippen LogP contribution in [-0.4, -0.2) is 42.8 Å². The minimum Gasteiger partial charge on any atom is -0.460 e. The molecule has 1 aliphatic heterocycles. The molecule has 1 N–H and O–H groups in total. The predicted octanol–water partition coefficient (Wildman–Crippen LogP) is 2.89. The number of nitrogens with zero attached hydrogens (tertiary/aromatic N) is 4. The van der Waals surface area contributed by atoms with Crippen LogP contribution in [0.4, 0.5) is 15.9 Å². The topological polar surface area (TPSA) is 93.3 Å². The van der Waals surface area contributed by atoms with Gasteiger partial charge in [0.15, 0.2) is 11.6 Å². The summed E-state index contributed by atoms with van der Waals surface area (Å²) in [6.07, 6.45) is 1.40. The molecular formula is C21H22FN5O2. The Morgan fingerprint density at radius 1 is 1.28 bits per heavy atom. The highest BCUT2D eigenvalue weighted by Crippen LogP contribution is 2.24. The maximum Gasteiger partial charge on any atom is 0.311 e. The first-order valence-electron chi connectivity index (χ1n) is 9.31. The van der Waals surface area contributed by atoms with Gasteiger partial charge in [-0.3, -0.25) is 4.79 Å². The van der Waals surface area contributed by atoms with Crippen LogP contribution in [0.3, 0.4) is 0 Å². The summed E-state index contributed by atoms with van der Waals surface area (Å²) in [5.74, 6) is -0.803. The minimum atomic E-state index is -0.552. The summed E-state index contributed by atoms with van der Waals surface area (Å²) in [7, 11) is 0. The van der Waals surface area contributed by atoms with Crippen LogP contribution >= 0.6 is 0 Å². The second-order valence-electron chi connectivity index (χ2n) is 6.86. The quantitative estimate of drug-likeness (QED) is 0.597. The molecule has 7 nitrogen and oxygen atoms in total. The molecule has 2 heterocycles. The van der Waals surface area contributed by atoms with Crippen molar-refractivity contribution in [2.24, 2.45) is 0 Å². The average molecular weight is 395 g/mol. The number of hydrogen-bond donors (Lipinski definition) is 1. The van der Waals surface area contributed by atoms with E-state index in [-0.39, 0.29) is 30.1 Å². The normalized spacial score (nSPS) is 13.7. The van der Waals surface area contributed by atoms with Gasteiger partial charge in [-0.25, -0.2) is 9.37 Å². The molecule has 0 saturated carbocycles. The SMILES string of the molecule is CC(=N)CC(=O)OCc1ccnc(N2CCN(c3cccc(C#N)c3)CC2)c1F. The van der Waals surface area contributed by atoms with Crippen molar-refractivity contribution >= 4 is 23.2 Å². The number of hydrogen-bond acceptors (Lipinski definition) is 7. The van der Waals surface area contributed by atoms with Crippen molar-refractivity contribution in [2.75, 3.05) is 36.0 Å². The van der Waals surface area contributed by atoms with E-state index < -0.39 is 11.8 Å². The van der Waals surface area contributed by atoms with Crippen molar-refractivity contribution in [1.82, 2.24) is 4.98 Å². The number of piperazine rings is 1. The first-order chi connectivity index (χ1) is 14.0. The van der Waals surface area contributed by atoms with Gasteiger partial charge in [-0.2, -0.15) is 5.26 Å². The Kier molecular flexibility index (Phi) is 6.39. The van der Waals surface area contributed by atoms with Gasteiger partial charge in [-0.05, 0) is 31.2 Å². The zero-order chi connectivity index (χ0) is 20.8. The number of benzene rings is 1. The third-order valence-corrected chi connectivity index (χ3v) is 4.67. The molecule has 0 unspecified atom stereocenters. The van der Waals surface area contributed by atoms with Crippen LogP contribution in [0, 0.1) is 22.6 Å². The highest BCUT2D eigenvalue weighted by molar-refractivity contribution is 5.95. The lowest BCUT2D eigenvalue weighted by atomic mass is 10.2. The van der Waals surface area contributed by atoms with E-state index in [0.29, 0.717) is 31.7 Å². The van der Waals surface area contributed by atoms with Crippen LogP contribution < -0.4 is 9.80 Å².